The molecule has 0 bridgehead atoms. The Morgan fingerprint density at radius 2 is 2.11 bits per heavy atom. The highest BCUT2D eigenvalue weighted by molar-refractivity contribution is 9.10. The van der Waals surface area contributed by atoms with Gasteiger partial charge in [0, 0.05) is 0 Å². The number of aliphatic hydroxyl groups excluding tert-OH is 1. The van der Waals surface area contributed by atoms with Crippen LogP contribution in [0.3, 0.4) is 0 Å². The zero-order chi connectivity index (χ0) is 13.2. The highest BCUT2D eigenvalue weighted by Crippen LogP contribution is 2.40. The van der Waals surface area contributed by atoms with Gasteiger partial charge in [-0.1, -0.05) is 0 Å². The van der Waals surface area contributed by atoms with Gasteiger partial charge in [0.1, 0.15) is 13.2 Å². The molecule has 0 saturated heterocycles. The maximum atomic E-state index is 9.56. The third kappa shape index (κ3) is 3.04. The molecular formula is C14H18BrNO3. The van der Waals surface area contributed by atoms with Crippen molar-refractivity contribution in [3.63, 3.8) is 0 Å². The van der Waals surface area contributed by atoms with Crippen molar-refractivity contribution in [1.82, 2.24) is 5.32 Å². The first-order chi connectivity index (χ1) is 9.28. The molecule has 1 unspecified atom stereocenters. The molecule has 4 nitrogen and oxygen atoms in total. The van der Waals surface area contributed by atoms with Crippen molar-refractivity contribution in [2.75, 3.05) is 26.4 Å². The second-order valence-corrected chi connectivity index (χ2v) is 5.97. The van der Waals surface area contributed by atoms with E-state index in [4.69, 9.17) is 9.47 Å². The van der Waals surface area contributed by atoms with Gasteiger partial charge in [0.15, 0.2) is 11.5 Å². The molecule has 19 heavy (non-hydrogen) atoms. The minimum absolute atomic E-state index is 0.0484. The average molecular weight is 328 g/mol. The second kappa shape index (κ2) is 5.69. The molecule has 0 amide bonds. The summed E-state index contributed by atoms with van der Waals surface area (Å²) in [7, 11) is 0. The first kappa shape index (κ1) is 13.2. The fourth-order valence-electron chi connectivity index (χ4n) is 2.25. The Hall–Kier alpha value is -0.780. The van der Waals surface area contributed by atoms with Crippen molar-refractivity contribution in [3.05, 3.63) is 22.2 Å². The standard InChI is InChI=1S/C14H18BrNO3/c15-11-5-10(6-13-14(11)19-4-3-18-13)12(8-17)16-7-9-1-2-9/h5-6,9,12,16-17H,1-4,7-8H2. The third-order valence-electron chi connectivity index (χ3n) is 3.55. The summed E-state index contributed by atoms with van der Waals surface area (Å²) in [4.78, 5) is 0. The van der Waals surface area contributed by atoms with E-state index >= 15 is 0 Å². The van der Waals surface area contributed by atoms with Gasteiger partial charge in [0.2, 0.25) is 0 Å². The van der Waals surface area contributed by atoms with Crippen LogP contribution in [0.4, 0.5) is 0 Å². The lowest BCUT2D eigenvalue weighted by Crippen LogP contribution is -2.26. The van der Waals surface area contributed by atoms with E-state index in [1.165, 1.54) is 12.8 Å². The Morgan fingerprint density at radius 3 is 2.84 bits per heavy atom. The molecule has 1 saturated carbocycles. The maximum Gasteiger partial charge on any atom is 0.175 e. The first-order valence-corrected chi connectivity index (χ1v) is 7.50. The summed E-state index contributed by atoms with van der Waals surface area (Å²) >= 11 is 3.51. The van der Waals surface area contributed by atoms with Crippen LogP contribution in [0.5, 0.6) is 11.5 Å². The third-order valence-corrected chi connectivity index (χ3v) is 4.14. The van der Waals surface area contributed by atoms with Crippen LogP contribution < -0.4 is 14.8 Å². The molecule has 1 aromatic rings. The Labute approximate surface area is 121 Å². The van der Waals surface area contributed by atoms with Crippen LogP contribution >= 0.6 is 15.9 Å². The van der Waals surface area contributed by atoms with Gasteiger partial charge in [-0.2, -0.15) is 0 Å². The predicted molar refractivity (Wildman–Crippen MR) is 75.7 cm³/mol. The molecule has 0 radical (unpaired) electrons. The molecule has 104 valence electrons. The topological polar surface area (TPSA) is 50.7 Å². The minimum Gasteiger partial charge on any atom is -0.486 e. The number of nitrogens with one attached hydrogen (secondary N) is 1. The molecule has 0 aromatic heterocycles. The number of halogens is 1. The van der Waals surface area contributed by atoms with Crippen molar-refractivity contribution in [2.24, 2.45) is 5.92 Å². The van der Waals surface area contributed by atoms with Gasteiger partial charge in [0.25, 0.3) is 0 Å². The van der Waals surface area contributed by atoms with Gasteiger partial charge in [-0.15, -0.1) is 0 Å². The van der Waals surface area contributed by atoms with E-state index in [2.05, 4.69) is 21.2 Å². The molecule has 1 aromatic carbocycles. The highest BCUT2D eigenvalue weighted by Gasteiger charge is 2.24. The molecular weight excluding hydrogens is 310 g/mol. The van der Waals surface area contributed by atoms with Crippen LogP contribution in [0.1, 0.15) is 24.4 Å². The summed E-state index contributed by atoms with van der Waals surface area (Å²) in [5.41, 5.74) is 1.03. The van der Waals surface area contributed by atoms with Crippen LogP contribution in [0.25, 0.3) is 0 Å². The molecule has 3 rings (SSSR count). The summed E-state index contributed by atoms with van der Waals surface area (Å²) < 4.78 is 12.1. The Balaban J connectivity index is 1.79. The average Bonchev–Trinajstić information content (AvgIpc) is 3.24. The maximum absolute atomic E-state index is 9.56. The first-order valence-electron chi connectivity index (χ1n) is 6.71. The molecule has 0 spiro atoms. The van der Waals surface area contributed by atoms with Crippen molar-refractivity contribution in [2.45, 2.75) is 18.9 Å². The van der Waals surface area contributed by atoms with Crippen molar-refractivity contribution in [3.8, 4) is 11.5 Å². The van der Waals surface area contributed by atoms with Crippen LogP contribution in [-0.4, -0.2) is 31.5 Å². The molecule has 1 aliphatic carbocycles. The second-order valence-electron chi connectivity index (χ2n) is 5.11. The Bertz CT molecular complexity index is 462. The van der Waals surface area contributed by atoms with E-state index < -0.39 is 0 Å². The van der Waals surface area contributed by atoms with Crippen molar-refractivity contribution < 1.29 is 14.6 Å². The number of benzene rings is 1. The van der Waals surface area contributed by atoms with E-state index in [1.807, 2.05) is 12.1 Å². The van der Waals surface area contributed by atoms with Gasteiger partial charge in [0.05, 0.1) is 17.1 Å². The highest BCUT2D eigenvalue weighted by atomic mass is 79.9. The smallest absolute Gasteiger partial charge is 0.175 e. The number of fused-ring (bicyclic) bond motifs is 1. The van der Waals surface area contributed by atoms with Crippen molar-refractivity contribution in [1.29, 1.82) is 0 Å². The summed E-state index contributed by atoms with van der Waals surface area (Å²) in [6.07, 6.45) is 2.60. The monoisotopic (exact) mass is 327 g/mol. The van der Waals surface area contributed by atoms with Gasteiger partial charge >= 0.3 is 0 Å². The predicted octanol–water partition coefficient (Wildman–Crippen LogP) is 2.25. The SMILES string of the molecule is OCC(NCC1CC1)c1cc(Br)c2c(c1)OCCO2. The summed E-state index contributed by atoms with van der Waals surface area (Å²) in [6.45, 7) is 2.20. The quantitative estimate of drug-likeness (QED) is 0.871. The lowest BCUT2D eigenvalue weighted by molar-refractivity contribution is 0.169. The van der Waals surface area contributed by atoms with E-state index in [0.717, 1.165) is 34.0 Å². The van der Waals surface area contributed by atoms with Gasteiger partial charge in [-0.05, 0) is 58.9 Å². The van der Waals surface area contributed by atoms with Crippen LogP contribution in [0.2, 0.25) is 0 Å². The molecule has 2 aliphatic rings. The molecule has 1 fully saturated rings. The van der Waals surface area contributed by atoms with E-state index in [-0.39, 0.29) is 12.6 Å². The molecule has 1 aliphatic heterocycles. The van der Waals surface area contributed by atoms with Crippen LogP contribution in [0.15, 0.2) is 16.6 Å². The van der Waals surface area contributed by atoms with Crippen LogP contribution in [0, 0.1) is 5.92 Å². The number of aliphatic hydroxyl groups is 1. The largest absolute Gasteiger partial charge is 0.486 e. The summed E-state index contributed by atoms with van der Waals surface area (Å²) in [5.74, 6) is 2.30. The number of hydrogen-bond donors (Lipinski definition) is 2. The van der Waals surface area contributed by atoms with Crippen LogP contribution in [-0.2, 0) is 0 Å². The normalized spacial score (nSPS) is 19.3. The van der Waals surface area contributed by atoms with Gasteiger partial charge in [-0.25, -0.2) is 0 Å². The fourth-order valence-corrected chi connectivity index (χ4v) is 2.82. The Kier molecular flexibility index (Phi) is 3.96. The van der Waals surface area contributed by atoms with Gasteiger partial charge in [-0.3, -0.25) is 0 Å². The number of hydrogen-bond acceptors (Lipinski definition) is 4. The van der Waals surface area contributed by atoms with E-state index in [0.29, 0.717) is 13.2 Å². The van der Waals surface area contributed by atoms with E-state index in [9.17, 15) is 5.11 Å². The minimum atomic E-state index is -0.0484. The zero-order valence-corrected chi connectivity index (χ0v) is 12.3. The lowest BCUT2D eigenvalue weighted by atomic mass is 10.1. The molecule has 1 heterocycles. The lowest BCUT2D eigenvalue weighted by Gasteiger charge is -2.23. The Morgan fingerprint density at radius 1 is 1.32 bits per heavy atom. The molecule has 5 heteroatoms. The fraction of sp³-hybridized carbons (Fsp3) is 0.571. The summed E-state index contributed by atoms with van der Waals surface area (Å²) in [5, 5.41) is 13.0. The van der Waals surface area contributed by atoms with E-state index in [1.54, 1.807) is 0 Å². The summed E-state index contributed by atoms with van der Waals surface area (Å²) in [6, 6.07) is 3.90. The molecule has 1 atom stereocenters. The zero-order valence-electron chi connectivity index (χ0n) is 10.7. The molecule has 2 N–H and O–H groups in total. The van der Waals surface area contributed by atoms with Crippen molar-refractivity contribution >= 4 is 15.9 Å². The van der Waals surface area contributed by atoms with Gasteiger partial charge < -0.3 is 19.9 Å². The number of rotatable bonds is 5. The number of ether oxygens (including phenoxy) is 2.